The van der Waals surface area contributed by atoms with Crippen LogP contribution >= 0.6 is 0 Å². The SMILES string of the molecule is CCOCC(O)CN1CCN(C(=O)C2CC(=O)N(C3CC3)C2)CC1. The van der Waals surface area contributed by atoms with Crippen molar-refractivity contribution in [3.63, 3.8) is 0 Å². The van der Waals surface area contributed by atoms with E-state index in [2.05, 4.69) is 4.90 Å². The van der Waals surface area contributed by atoms with Gasteiger partial charge in [-0.3, -0.25) is 14.5 Å². The van der Waals surface area contributed by atoms with Crippen LogP contribution in [0, 0.1) is 5.92 Å². The summed E-state index contributed by atoms with van der Waals surface area (Å²) in [7, 11) is 0. The highest BCUT2D eigenvalue weighted by atomic mass is 16.5. The summed E-state index contributed by atoms with van der Waals surface area (Å²) in [5.74, 6) is 0.114. The molecule has 0 radical (unpaired) electrons. The second kappa shape index (κ2) is 7.80. The molecule has 2 saturated heterocycles. The number of amides is 2. The van der Waals surface area contributed by atoms with Crippen molar-refractivity contribution in [2.24, 2.45) is 5.92 Å². The molecular formula is C17H29N3O4. The molecule has 2 aliphatic heterocycles. The average Bonchev–Trinajstić information content (AvgIpc) is 3.35. The molecule has 3 rings (SSSR count). The van der Waals surface area contributed by atoms with Crippen molar-refractivity contribution < 1.29 is 19.4 Å². The molecule has 1 aliphatic carbocycles. The lowest BCUT2D eigenvalue weighted by atomic mass is 10.1. The zero-order valence-electron chi connectivity index (χ0n) is 14.5. The Morgan fingerprint density at radius 1 is 1.29 bits per heavy atom. The number of carbonyl (C=O) groups is 2. The number of piperazine rings is 1. The minimum atomic E-state index is -0.480. The first kappa shape index (κ1) is 17.6. The highest BCUT2D eigenvalue weighted by Crippen LogP contribution is 2.33. The topological polar surface area (TPSA) is 73.3 Å². The van der Waals surface area contributed by atoms with E-state index in [1.807, 2.05) is 16.7 Å². The fourth-order valence-corrected chi connectivity index (χ4v) is 3.65. The predicted molar refractivity (Wildman–Crippen MR) is 88.4 cm³/mol. The molecule has 0 aromatic heterocycles. The Balaban J connectivity index is 1.41. The number of hydrogen-bond donors (Lipinski definition) is 1. The molecule has 1 N–H and O–H groups in total. The van der Waals surface area contributed by atoms with E-state index in [-0.39, 0.29) is 17.7 Å². The van der Waals surface area contributed by atoms with Crippen LogP contribution in [0.2, 0.25) is 0 Å². The number of aliphatic hydroxyl groups excluding tert-OH is 1. The second-order valence-electron chi connectivity index (χ2n) is 7.12. The summed E-state index contributed by atoms with van der Waals surface area (Å²) in [5, 5.41) is 9.91. The molecule has 7 heteroatoms. The lowest BCUT2D eigenvalue weighted by Gasteiger charge is -2.36. The van der Waals surface area contributed by atoms with Gasteiger partial charge in [0.2, 0.25) is 11.8 Å². The first-order valence-electron chi connectivity index (χ1n) is 9.15. The molecule has 0 bridgehead atoms. The Bertz CT molecular complexity index is 461. The largest absolute Gasteiger partial charge is 0.389 e. The van der Waals surface area contributed by atoms with Gasteiger partial charge in [0.05, 0.1) is 18.6 Å². The van der Waals surface area contributed by atoms with Crippen LogP contribution in [0.25, 0.3) is 0 Å². The third kappa shape index (κ3) is 4.26. The van der Waals surface area contributed by atoms with Crippen LogP contribution in [-0.2, 0) is 14.3 Å². The third-order valence-corrected chi connectivity index (χ3v) is 5.16. The summed E-state index contributed by atoms with van der Waals surface area (Å²) >= 11 is 0. The fourth-order valence-electron chi connectivity index (χ4n) is 3.65. The van der Waals surface area contributed by atoms with E-state index in [0.29, 0.717) is 51.9 Å². The Morgan fingerprint density at radius 2 is 2.00 bits per heavy atom. The number of rotatable bonds is 7. The van der Waals surface area contributed by atoms with Crippen LogP contribution < -0.4 is 0 Å². The lowest BCUT2D eigenvalue weighted by Crippen LogP contribution is -2.52. The van der Waals surface area contributed by atoms with Crippen LogP contribution in [0.1, 0.15) is 26.2 Å². The summed E-state index contributed by atoms with van der Waals surface area (Å²) in [4.78, 5) is 30.6. The maximum Gasteiger partial charge on any atom is 0.228 e. The molecule has 7 nitrogen and oxygen atoms in total. The zero-order valence-corrected chi connectivity index (χ0v) is 14.5. The molecule has 1 saturated carbocycles. The highest BCUT2D eigenvalue weighted by molar-refractivity contribution is 5.89. The van der Waals surface area contributed by atoms with Crippen LogP contribution in [0.4, 0.5) is 0 Å². The van der Waals surface area contributed by atoms with Gasteiger partial charge in [0.15, 0.2) is 0 Å². The molecule has 24 heavy (non-hydrogen) atoms. The number of hydrogen-bond acceptors (Lipinski definition) is 5. The van der Waals surface area contributed by atoms with Gasteiger partial charge < -0.3 is 19.6 Å². The lowest BCUT2D eigenvalue weighted by molar-refractivity contribution is -0.137. The second-order valence-corrected chi connectivity index (χ2v) is 7.12. The Kier molecular flexibility index (Phi) is 5.73. The average molecular weight is 339 g/mol. The van der Waals surface area contributed by atoms with Gasteiger partial charge in [-0.05, 0) is 19.8 Å². The molecule has 2 unspecified atom stereocenters. The maximum absolute atomic E-state index is 12.7. The summed E-state index contributed by atoms with van der Waals surface area (Å²) < 4.78 is 5.23. The number of nitrogens with zero attached hydrogens (tertiary/aromatic N) is 3. The minimum absolute atomic E-state index is 0.126. The number of β-amino-alcohol motifs (C(OH)–C–C–N with tert-alkyl or cyclic N) is 1. The van der Waals surface area contributed by atoms with Gasteiger partial charge in [0.25, 0.3) is 0 Å². The van der Waals surface area contributed by atoms with Crippen molar-refractivity contribution in [3.8, 4) is 0 Å². The van der Waals surface area contributed by atoms with Gasteiger partial charge in [0, 0.05) is 58.3 Å². The summed E-state index contributed by atoms with van der Waals surface area (Å²) in [6.07, 6.45) is 2.08. The summed E-state index contributed by atoms with van der Waals surface area (Å²) in [6, 6.07) is 0.402. The van der Waals surface area contributed by atoms with Crippen LogP contribution in [0.15, 0.2) is 0 Å². The summed E-state index contributed by atoms with van der Waals surface area (Å²) in [5.41, 5.74) is 0. The van der Waals surface area contributed by atoms with Crippen molar-refractivity contribution in [1.29, 1.82) is 0 Å². The van der Waals surface area contributed by atoms with Crippen LogP contribution in [0.5, 0.6) is 0 Å². The smallest absolute Gasteiger partial charge is 0.228 e. The van der Waals surface area contributed by atoms with Crippen molar-refractivity contribution in [2.75, 3.05) is 52.5 Å². The number of aliphatic hydroxyl groups is 1. The molecule has 0 aromatic carbocycles. The van der Waals surface area contributed by atoms with Gasteiger partial charge in [-0.2, -0.15) is 0 Å². The Morgan fingerprint density at radius 3 is 2.62 bits per heavy atom. The Labute approximate surface area is 143 Å². The van der Waals surface area contributed by atoms with Gasteiger partial charge in [-0.15, -0.1) is 0 Å². The molecule has 0 spiro atoms. The third-order valence-electron chi connectivity index (χ3n) is 5.16. The predicted octanol–water partition coefficient (Wildman–Crippen LogP) is -0.461. The van der Waals surface area contributed by atoms with Crippen LogP contribution in [0.3, 0.4) is 0 Å². The monoisotopic (exact) mass is 339 g/mol. The fraction of sp³-hybridized carbons (Fsp3) is 0.882. The van der Waals surface area contributed by atoms with Gasteiger partial charge in [-0.1, -0.05) is 0 Å². The van der Waals surface area contributed by atoms with E-state index in [1.165, 1.54) is 0 Å². The van der Waals surface area contributed by atoms with Crippen LogP contribution in [-0.4, -0.2) is 96.2 Å². The van der Waals surface area contributed by atoms with E-state index in [0.717, 1.165) is 25.9 Å². The van der Waals surface area contributed by atoms with Gasteiger partial charge in [0.1, 0.15) is 0 Å². The Hall–Kier alpha value is -1.18. The number of ether oxygens (including phenoxy) is 1. The number of carbonyl (C=O) groups excluding carboxylic acids is 2. The molecule has 2 atom stereocenters. The molecule has 3 aliphatic rings. The van der Waals surface area contributed by atoms with Gasteiger partial charge in [-0.25, -0.2) is 0 Å². The molecule has 2 amide bonds. The standard InChI is InChI=1S/C17H29N3O4/c1-2-24-12-15(21)11-18-5-7-19(8-6-18)17(23)13-9-16(22)20(10-13)14-3-4-14/h13-15,21H,2-12H2,1H3. The van der Waals surface area contributed by atoms with Gasteiger partial charge >= 0.3 is 0 Å². The highest BCUT2D eigenvalue weighted by Gasteiger charge is 2.43. The van der Waals surface area contributed by atoms with E-state index in [1.54, 1.807) is 0 Å². The van der Waals surface area contributed by atoms with E-state index < -0.39 is 6.10 Å². The van der Waals surface area contributed by atoms with Crippen molar-refractivity contribution in [2.45, 2.75) is 38.3 Å². The first-order valence-corrected chi connectivity index (χ1v) is 9.15. The maximum atomic E-state index is 12.7. The zero-order chi connectivity index (χ0) is 17.1. The van der Waals surface area contributed by atoms with E-state index >= 15 is 0 Å². The van der Waals surface area contributed by atoms with Crippen molar-refractivity contribution >= 4 is 11.8 Å². The molecule has 136 valence electrons. The van der Waals surface area contributed by atoms with E-state index in [9.17, 15) is 14.7 Å². The van der Waals surface area contributed by atoms with Crippen molar-refractivity contribution in [1.82, 2.24) is 14.7 Å². The normalized spacial score (nSPS) is 26.9. The van der Waals surface area contributed by atoms with Crippen molar-refractivity contribution in [3.05, 3.63) is 0 Å². The molecular weight excluding hydrogens is 310 g/mol. The first-order chi connectivity index (χ1) is 11.6. The molecule has 3 fully saturated rings. The quantitative estimate of drug-likeness (QED) is 0.679. The molecule has 0 aromatic rings. The molecule has 2 heterocycles. The summed E-state index contributed by atoms with van der Waals surface area (Å²) in [6.45, 7) is 6.95. The van der Waals surface area contributed by atoms with E-state index in [4.69, 9.17) is 4.74 Å². The minimum Gasteiger partial charge on any atom is -0.389 e. The number of likely N-dealkylation sites (tertiary alicyclic amines) is 1.